The zero-order valence-electron chi connectivity index (χ0n) is 8.23. The number of fused-ring (bicyclic) bond motifs is 1. The molecule has 0 saturated heterocycles. The Morgan fingerprint density at radius 3 is 2.73 bits per heavy atom. The number of Topliss-reactive ketones (excluding diaryl/α,β-unsaturated/α-hetero) is 1. The fourth-order valence-corrected chi connectivity index (χ4v) is 1.61. The van der Waals surface area contributed by atoms with E-state index in [1.807, 2.05) is 0 Å². The van der Waals surface area contributed by atoms with Gasteiger partial charge in [-0.3, -0.25) is 4.79 Å². The topological polar surface area (TPSA) is 35.5 Å². The van der Waals surface area contributed by atoms with E-state index in [1.165, 1.54) is 0 Å². The van der Waals surface area contributed by atoms with Gasteiger partial charge in [0.1, 0.15) is 0 Å². The average Bonchev–Trinajstić information content (AvgIpc) is 2.51. The first-order valence-electron chi connectivity index (χ1n) is 4.85. The quantitative estimate of drug-likeness (QED) is 0.616. The summed E-state index contributed by atoms with van der Waals surface area (Å²) in [6, 6.07) is 5.24. The lowest BCUT2D eigenvalue weighted by Gasteiger charge is -2.07. The number of carbonyl (C=O) groups is 1. The average molecular weight is 224 g/mol. The summed E-state index contributed by atoms with van der Waals surface area (Å²) in [5, 5.41) is 0. The minimum atomic E-state index is -0.00557. The van der Waals surface area contributed by atoms with E-state index in [4.69, 9.17) is 9.47 Å². The Labute approximate surface area is 93.8 Å². The molecule has 80 valence electrons. The Kier molecular flexibility index (Phi) is 3.16. The largest absolute Gasteiger partial charge is 0.490 e. The summed E-state index contributed by atoms with van der Waals surface area (Å²) in [6.45, 7) is 1.29. The van der Waals surface area contributed by atoms with Crippen LogP contribution in [0.3, 0.4) is 0 Å². The third-order valence-electron chi connectivity index (χ3n) is 2.21. The summed E-state index contributed by atoms with van der Waals surface area (Å²) >= 11 is 3.95. The van der Waals surface area contributed by atoms with Crippen molar-refractivity contribution >= 4 is 18.4 Å². The van der Waals surface area contributed by atoms with Gasteiger partial charge < -0.3 is 9.47 Å². The molecule has 0 aliphatic carbocycles. The van der Waals surface area contributed by atoms with Gasteiger partial charge in [-0.2, -0.15) is 12.6 Å². The summed E-state index contributed by atoms with van der Waals surface area (Å²) in [6.07, 6.45) is 0.866. The third kappa shape index (κ3) is 2.26. The molecule has 0 saturated carbocycles. The van der Waals surface area contributed by atoms with Crippen molar-refractivity contribution in [2.75, 3.05) is 19.0 Å². The lowest BCUT2D eigenvalue weighted by molar-refractivity contribution is 0.102. The number of thiol groups is 1. The van der Waals surface area contributed by atoms with Gasteiger partial charge in [0.2, 0.25) is 0 Å². The standard InChI is InChI=1S/C11H12O3S/c12-9(7-15)8-2-3-10-11(6-8)14-5-1-4-13-10/h2-3,6,15H,1,4-5,7H2. The first-order chi connectivity index (χ1) is 7.31. The molecule has 0 N–H and O–H groups in total. The molecular weight excluding hydrogens is 212 g/mol. The second kappa shape index (κ2) is 4.57. The molecule has 0 fully saturated rings. The van der Waals surface area contributed by atoms with Crippen LogP contribution in [0.15, 0.2) is 18.2 Å². The molecule has 0 radical (unpaired) electrons. The highest BCUT2D eigenvalue weighted by Crippen LogP contribution is 2.30. The summed E-state index contributed by atoms with van der Waals surface area (Å²) in [5.74, 6) is 1.57. The molecular formula is C11H12O3S. The molecule has 0 spiro atoms. The number of ketones is 1. The summed E-state index contributed by atoms with van der Waals surface area (Å²) in [4.78, 5) is 11.4. The summed E-state index contributed by atoms with van der Waals surface area (Å²) in [7, 11) is 0. The zero-order chi connectivity index (χ0) is 10.7. The van der Waals surface area contributed by atoms with Crippen LogP contribution in [-0.4, -0.2) is 24.7 Å². The van der Waals surface area contributed by atoms with Crippen molar-refractivity contribution in [2.45, 2.75) is 6.42 Å². The lowest BCUT2D eigenvalue weighted by atomic mass is 10.1. The highest BCUT2D eigenvalue weighted by atomic mass is 32.1. The molecule has 0 amide bonds. The van der Waals surface area contributed by atoms with Crippen molar-refractivity contribution in [2.24, 2.45) is 0 Å². The van der Waals surface area contributed by atoms with Gasteiger partial charge in [-0.05, 0) is 18.2 Å². The molecule has 1 aromatic carbocycles. The van der Waals surface area contributed by atoms with Crippen LogP contribution in [-0.2, 0) is 0 Å². The molecule has 0 atom stereocenters. The molecule has 0 bridgehead atoms. The van der Waals surface area contributed by atoms with Gasteiger partial charge in [0.05, 0.1) is 19.0 Å². The van der Waals surface area contributed by atoms with Crippen molar-refractivity contribution in [3.05, 3.63) is 23.8 Å². The first-order valence-corrected chi connectivity index (χ1v) is 5.48. The van der Waals surface area contributed by atoms with Crippen LogP contribution in [0.5, 0.6) is 11.5 Å². The van der Waals surface area contributed by atoms with Crippen molar-refractivity contribution in [3.63, 3.8) is 0 Å². The molecule has 1 aliphatic heterocycles. The molecule has 0 aromatic heterocycles. The van der Waals surface area contributed by atoms with Gasteiger partial charge in [-0.25, -0.2) is 0 Å². The zero-order valence-corrected chi connectivity index (χ0v) is 9.13. The SMILES string of the molecule is O=C(CS)c1ccc2c(c1)OCCCO2. The Bertz CT molecular complexity index is 376. The smallest absolute Gasteiger partial charge is 0.172 e. The predicted molar refractivity (Wildman–Crippen MR) is 60.2 cm³/mol. The predicted octanol–water partition coefficient (Wildman–Crippen LogP) is 1.96. The number of hydrogen-bond donors (Lipinski definition) is 1. The van der Waals surface area contributed by atoms with Gasteiger partial charge in [0.15, 0.2) is 17.3 Å². The Hall–Kier alpha value is -1.16. The van der Waals surface area contributed by atoms with Crippen LogP contribution >= 0.6 is 12.6 Å². The van der Waals surface area contributed by atoms with Crippen molar-refractivity contribution < 1.29 is 14.3 Å². The minimum Gasteiger partial charge on any atom is -0.490 e. The number of hydrogen-bond acceptors (Lipinski definition) is 4. The maximum atomic E-state index is 11.4. The van der Waals surface area contributed by atoms with E-state index in [2.05, 4.69) is 12.6 Å². The van der Waals surface area contributed by atoms with E-state index in [0.717, 1.165) is 6.42 Å². The highest BCUT2D eigenvalue weighted by Gasteiger charge is 2.12. The minimum absolute atomic E-state index is 0.00557. The summed E-state index contributed by atoms with van der Waals surface area (Å²) in [5.41, 5.74) is 0.620. The number of rotatable bonds is 2. The van der Waals surface area contributed by atoms with Gasteiger partial charge in [0.25, 0.3) is 0 Å². The molecule has 15 heavy (non-hydrogen) atoms. The van der Waals surface area contributed by atoms with Crippen molar-refractivity contribution in [3.8, 4) is 11.5 Å². The van der Waals surface area contributed by atoms with Crippen molar-refractivity contribution in [1.29, 1.82) is 0 Å². The third-order valence-corrected chi connectivity index (χ3v) is 2.50. The Balaban J connectivity index is 2.31. The van der Waals surface area contributed by atoms with E-state index in [1.54, 1.807) is 18.2 Å². The summed E-state index contributed by atoms with van der Waals surface area (Å²) < 4.78 is 10.9. The van der Waals surface area contributed by atoms with E-state index >= 15 is 0 Å². The second-order valence-electron chi connectivity index (χ2n) is 3.29. The van der Waals surface area contributed by atoms with Gasteiger partial charge in [0, 0.05) is 12.0 Å². The second-order valence-corrected chi connectivity index (χ2v) is 3.61. The van der Waals surface area contributed by atoms with Gasteiger partial charge in [-0.15, -0.1) is 0 Å². The van der Waals surface area contributed by atoms with E-state index < -0.39 is 0 Å². The first kappa shape index (κ1) is 10.4. The van der Waals surface area contributed by atoms with E-state index in [-0.39, 0.29) is 11.5 Å². The Morgan fingerprint density at radius 1 is 1.27 bits per heavy atom. The molecule has 1 aromatic rings. The molecule has 1 aliphatic rings. The lowest BCUT2D eigenvalue weighted by Crippen LogP contribution is -2.01. The highest BCUT2D eigenvalue weighted by molar-refractivity contribution is 7.81. The van der Waals surface area contributed by atoms with Crippen LogP contribution in [0.4, 0.5) is 0 Å². The normalized spacial score (nSPS) is 14.5. The van der Waals surface area contributed by atoms with Crippen LogP contribution in [0.2, 0.25) is 0 Å². The van der Waals surface area contributed by atoms with Gasteiger partial charge in [-0.1, -0.05) is 0 Å². The van der Waals surface area contributed by atoms with Crippen LogP contribution < -0.4 is 9.47 Å². The van der Waals surface area contributed by atoms with E-state index in [9.17, 15) is 4.79 Å². The number of benzene rings is 1. The van der Waals surface area contributed by atoms with Crippen molar-refractivity contribution in [1.82, 2.24) is 0 Å². The molecule has 3 nitrogen and oxygen atoms in total. The maximum absolute atomic E-state index is 11.4. The van der Waals surface area contributed by atoms with Crippen LogP contribution in [0.1, 0.15) is 16.8 Å². The van der Waals surface area contributed by atoms with Crippen LogP contribution in [0, 0.1) is 0 Å². The monoisotopic (exact) mass is 224 g/mol. The molecule has 1 heterocycles. The maximum Gasteiger partial charge on any atom is 0.172 e. The van der Waals surface area contributed by atoms with Gasteiger partial charge >= 0.3 is 0 Å². The Morgan fingerprint density at radius 2 is 2.00 bits per heavy atom. The number of carbonyl (C=O) groups excluding carboxylic acids is 1. The number of ether oxygens (including phenoxy) is 2. The van der Waals surface area contributed by atoms with E-state index in [0.29, 0.717) is 30.3 Å². The molecule has 4 heteroatoms. The van der Waals surface area contributed by atoms with Crippen LogP contribution in [0.25, 0.3) is 0 Å². The molecule has 0 unspecified atom stereocenters. The fourth-order valence-electron chi connectivity index (χ4n) is 1.43. The molecule has 2 rings (SSSR count). The fraction of sp³-hybridized carbons (Fsp3) is 0.364.